The molecule has 1 aromatic carbocycles. The van der Waals surface area contributed by atoms with E-state index in [0.717, 1.165) is 6.54 Å². The molecule has 1 heterocycles. The van der Waals surface area contributed by atoms with E-state index < -0.39 is 0 Å². The molecule has 16 heavy (non-hydrogen) atoms. The van der Waals surface area contributed by atoms with Gasteiger partial charge < -0.3 is 10.2 Å². The van der Waals surface area contributed by atoms with Gasteiger partial charge in [0.05, 0.1) is 0 Å². The van der Waals surface area contributed by atoms with E-state index in [-0.39, 0.29) is 0 Å². The number of nitrogens with one attached hydrogen (secondary N) is 1. The predicted octanol–water partition coefficient (Wildman–Crippen LogP) is 2.76. The van der Waals surface area contributed by atoms with Gasteiger partial charge >= 0.3 is 0 Å². The lowest BCUT2D eigenvalue weighted by Crippen LogP contribution is -2.37. The molecule has 1 aliphatic rings. The fraction of sp³-hybridized carbons (Fsp3) is 0.571. The van der Waals surface area contributed by atoms with Crippen LogP contribution < -0.4 is 5.32 Å². The molecule has 0 saturated carbocycles. The Morgan fingerprint density at radius 2 is 2.19 bits per heavy atom. The van der Waals surface area contributed by atoms with Gasteiger partial charge in [-0.05, 0) is 44.5 Å². The molecule has 0 aliphatic carbocycles. The van der Waals surface area contributed by atoms with Crippen molar-refractivity contribution in [1.82, 2.24) is 4.90 Å². The number of rotatable bonds is 3. The Kier molecular flexibility index (Phi) is 3.83. The second-order valence-electron chi connectivity index (χ2n) is 4.71. The van der Waals surface area contributed by atoms with Crippen LogP contribution in [0.2, 0.25) is 0 Å². The molecule has 0 radical (unpaired) electrons. The zero-order valence-electron chi connectivity index (χ0n) is 10.4. The average Bonchev–Trinajstić information content (AvgIpc) is 2.51. The number of fused-ring (bicyclic) bond motifs is 1. The van der Waals surface area contributed by atoms with E-state index in [1.807, 2.05) is 0 Å². The summed E-state index contributed by atoms with van der Waals surface area (Å²) < 4.78 is 0. The summed E-state index contributed by atoms with van der Waals surface area (Å²) in [6.45, 7) is 4.52. The van der Waals surface area contributed by atoms with E-state index in [1.54, 1.807) is 0 Å². The first-order valence-electron chi connectivity index (χ1n) is 6.33. The van der Waals surface area contributed by atoms with Crippen LogP contribution >= 0.6 is 0 Å². The van der Waals surface area contributed by atoms with E-state index in [0.29, 0.717) is 6.04 Å². The van der Waals surface area contributed by atoms with Crippen molar-refractivity contribution in [2.45, 2.75) is 32.2 Å². The molecule has 2 nitrogen and oxygen atoms in total. The highest BCUT2D eigenvalue weighted by Gasteiger charge is 2.18. The smallest absolute Gasteiger partial charge is 0.0373 e. The Hall–Kier alpha value is -1.02. The SMILES string of the molecule is CCCN(C)C1CCc2ccccc2NC1. The monoisotopic (exact) mass is 218 g/mol. The number of hydrogen-bond donors (Lipinski definition) is 1. The Labute approximate surface area is 98.7 Å². The first-order valence-corrected chi connectivity index (χ1v) is 6.33. The molecule has 1 atom stereocenters. The summed E-state index contributed by atoms with van der Waals surface area (Å²) in [6.07, 6.45) is 3.70. The van der Waals surface area contributed by atoms with Gasteiger partial charge in [0.1, 0.15) is 0 Å². The van der Waals surface area contributed by atoms with Gasteiger partial charge in [0.25, 0.3) is 0 Å². The average molecular weight is 218 g/mol. The van der Waals surface area contributed by atoms with E-state index in [1.165, 1.54) is 37.1 Å². The molecule has 88 valence electrons. The molecular formula is C14H22N2. The second kappa shape index (κ2) is 5.35. The van der Waals surface area contributed by atoms with Crippen molar-refractivity contribution < 1.29 is 0 Å². The van der Waals surface area contributed by atoms with Crippen LogP contribution in [0.15, 0.2) is 24.3 Å². The maximum absolute atomic E-state index is 3.57. The molecule has 1 aromatic rings. The third kappa shape index (κ3) is 2.56. The number of anilines is 1. The number of para-hydroxylation sites is 1. The summed E-state index contributed by atoms with van der Waals surface area (Å²) in [6, 6.07) is 9.35. The Morgan fingerprint density at radius 3 is 3.00 bits per heavy atom. The molecule has 0 fully saturated rings. The summed E-state index contributed by atoms with van der Waals surface area (Å²) in [4.78, 5) is 2.48. The third-order valence-corrected chi connectivity index (χ3v) is 3.49. The highest BCUT2D eigenvalue weighted by Crippen LogP contribution is 2.22. The van der Waals surface area contributed by atoms with Gasteiger partial charge in [0.2, 0.25) is 0 Å². The van der Waals surface area contributed by atoms with Crippen molar-refractivity contribution in [3.05, 3.63) is 29.8 Å². The zero-order valence-corrected chi connectivity index (χ0v) is 10.4. The maximum Gasteiger partial charge on any atom is 0.0373 e. The zero-order chi connectivity index (χ0) is 11.4. The van der Waals surface area contributed by atoms with Crippen molar-refractivity contribution in [3.63, 3.8) is 0 Å². The summed E-state index contributed by atoms with van der Waals surface area (Å²) in [5.41, 5.74) is 2.80. The topological polar surface area (TPSA) is 15.3 Å². The number of likely N-dealkylation sites (N-methyl/N-ethyl adjacent to an activating group) is 1. The molecular weight excluding hydrogens is 196 g/mol. The van der Waals surface area contributed by atoms with Gasteiger partial charge in [0.15, 0.2) is 0 Å². The summed E-state index contributed by atoms with van der Waals surface area (Å²) in [5, 5.41) is 3.57. The van der Waals surface area contributed by atoms with Crippen LogP contribution in [0.25, 0.3) is 0 Å². The first kappa shape index (κ1) is 11.5. The maximum atomic E-state index is 3.57. The van der Waals surface area contributed by atoms with Gasteiger partial charge in [-0.2, -0.15) is 0 Å². The molecule has 0 bridgehead atoms. The molecule has 2 heteroatoms. The number of benzene rings is 1. The lowest BCUT2D eigenvalue weighted by molar-refractivity contribution is 0.242. The van der Waals surface area contributed by atoms with Gasteiger partial charge in [-0.25, -0.2) is 0 Å². The number of hydrogen-bond acceptors (Lipinski definition) is 2. The van der Waals surface area contributed by atoms with Crippen LogP contribution in [0.5, 0.6) is 0 Å². The van der Waals surface area contributed by atoms with Crippen LogP contribution in [0.3, 0.4) is 0 Å². The quantitative estimate of drug-likeness (QED) is 0.839. The molecule has 1 aliphatic heterocycles. The molecule has 0 aromatic heterocycles. The van der Waals surface area contributed by atoms with Crippen LogP contribution in [-0.2, 0) is 6.42 Å². The van der Waals surface area contributed by atoms with Crippen molar-refractivity contribution in [1.29, 1.82) is 0 Å². The largest absolute Gasteiger partial charge is 0.383 e. The van der Waals surface area contributed by atoms with Crippen LogP contribution in [0, 0.1) is 0 Å². The fourth-order valence-corrected chi connectivity index (χ4v) is 2.47. The van der Waals surface area contributed by atoms with Crippen LogP contribution in [0.4, 0.5) is 5.69 Å². The molecule has 0 saturated heterocycles. The molecule has 0 spiro atoms. The van der Waals surface area contributed by atoms with Gasteiger partial charge in [-0.15, -0.1) is 0 Å². The van der Waals surface area contributed by atoms with Gasteiger partial charge in [0, 0.05) is 18.3 Å². The summed E-state index contributed by atoms with van der Waals surface area (Å²) >= 11 is 0. The van der Waals surface area contributed by atoms with Gasteiger partial charge in [-0.1, -0.05) is 25.1 Å². The van der Waals surface area contributed by atoms with E-state index in [4.69, 9.17) is 0 Å². The summed E-state index contributed by atoms with van der Waals surface area (Å²) in [5.74, 6) is 0. The van der Waals surface area contributed by atoms with Crippen molar-refractivity contribution in [2.75, 3.05) is 25.5 Å². The minimum atomic E-state index is 0.673. The highest BCUT2D eigenvalue weighted by atomic mass is 15.1. The minimum Gasteiger partial charge on any atom is -0.383 e. The van der Waals surface area contributed by atoms with Crippen LogP contribution in [0.1, 0.15) is 25.3 Å². The Bertz CT molecular complexity index is 308. The molecule has 1 unspecified atom stereocenters. The van der Waals surface area contributed by atoms with E-state index in [9.17, 15) is 0 Å². The van der Waals surface area contributed by atoms with Crippen molar-refractivity contribution in [2.24, 2.45) is 0 Å². The molecule has 0 amide bonds. The fourth-order valence-electron chi connectivity index (χ4n) is 2.47. The number of nitrogens with zero attached hydrogens (tertiary/aromatic N) is 1. The van der Waals surface area contributed by atoms with Gasteiger partial charge in [-0.3, -0.25) is 0 Å². The van der Waals surface area contributed by atoms with Crippen molar-refractivity contribution >= 4 is 5.69 Å². The summed E-state index contributed by atoms with van der Waals surface area (Å²) in [7, 11) is 2.24. The highest BCUT2D eigenvalue weighted by molar-refractivity contribution is 5.52. The minimum absolute atomic E-state index is 0.673. The molecule has 2 rings (SSSR count). The standard InChI is InChI=1S/C14H22N2/c1-3-10-16(2)13-9-8-12-6-4-5-7-14(12)15-11-13/h4-7,13,15H,3,8-11H2,1-2H3. The first-order chi connectivity index (χ1) is 7.81. The lowest BCUT2D eigenvalue weighted by atomic mass is 10.1. The van der Waals surface area contributed by atoms with Crippen LogP contribution in [-0.4, -0.2) is 31.1 Å². The molecule has 1 N–H and O–H groups in total. The normalized spacial score (nSPS) is 20.1. The van der Waals surface area contributed by atoms with E-state index in [2.05, 4.69) is 48.5 Å². The number of aryl methyl sites for hydroxylation is 1. The predicted molar refractivity (Wildman–Crippen MR) is 70.0 cm³/mol. The van der Waals surface area contributed by atoms with Crippen molar-refractivity contribution in [3.8, 4) is 0 Å². The second-order valence-corrected chi connectivity index (χ2v) is 4.71. The third-order valence-electron chi connectivity index (χ3n) is 3.49. The lowest BCUT2D eigenvalue weighted by Gasteiger charge is -2.26. The van der Waals surface area contributed by atoms with E-state index >= 15 is 0 Å². The Balaban J connectivity index is 2.01. The Morgan fingerprint density at radius 1 is 1.38 bits per heavy atom.